The van der Waals surface area contributed by atoms with Gasteiger partial charge >= 0.3 is 0 Å². The second-order valence-electron chi connectivity index (χ2n) is 7.88. The summed E-state index contributed by atoms with van der Waals surface area (Å²) in [5, 5.41) is 6.16. The highest BCUT2D eigenvalue weighted by atomic mass is 35.5. The van der Waals surface area contributed by atoms with E-state index in [-0.39, 0.29) is 6.04 Å². The molecule has 0 spiro atoms. The first-order valence-electron chi connectivity index (χ1n) is 10.4. The Hall–Kier alpha value is -3.46. The molecule has 164 valence electrons. The number of aromatic nitrogens is 6. The lowest BCUT2D eigenvalue weighted by atomic mass is 9.98. The maximum atomic E-state index is 6.70. The molecule has 4 heterocycles. The van der Waals surface area contributed by atoms with E-state index in [0.29, 0.717) is 36.2 Å². The van der Waals surface area contributed by atoms with Gasteiger partial charge < -0.3 is 15.4 Å². The summed E-state index contributed by atoms with van der Waals surface area (Å²) < 4.78 is 8.17. The summed E-state index contributed by atoms with van der Waals surface area (Å²) in [6.45, 7) is 7.79. The number of hydrogen-bond acceptors (Lipinski definition) is 8. The van der Waals surface area contributed by atoms with Crippen LogP contribution in [-0.4, -0.2) is 42.9 Å². The molecule has 9 nitrogen and oxygen atoms in total. The van der Waals surface area contributed by atoms with Crippen molar-refractivity contribution in [3.8, 4) is 5.75 Å². The molecule has 0 saturated heterocycles. The minimum absolute atomic E-state index is 0.185. The van der Waals surface area contributed by atoms with Crippen LogP contribution in [0.5, 0.6) is 5.75 Å². The summed E-state index contributed by atoms with van der Waals surface area (Å²) >= 11 is 6.70. The van der Waals surface area contributed by atoms with Gasteiger partial charge in [-0.25, -0.2) is 19.6 Å². The summed E-state index contributed by atoms with van der Waals surface area (Å²) in [6, 6.07) is 1.78. The molecule has 32 heavy (non-hydrogen) atoms. The van der Waals surface area contributed by atoms with Crippen LogP contribution >= 0.6 is 11.6 Å². The van der Waals surface area contributed by atoms with Gasteiger partial charge in [0.2, 0.25) is 0 Å². The highest BCUT2D eigenvalue weighted by molar-refractivity contribution is 6.31. The molecule has 0 saturated carbocycles. The molecule has 10 heteroatoms. The zero-order valence-corrected chi connectivity index (χ0v) is 18.8. The number of nitrogens with zero attached hydrogens (tertiary/aromatic N) is 7. The third-order valence-electron chi connectivity index (χ3n) is 5.97. The van der Waals surface area contributed by atoms with Crippen molar-refractivity contribution < 1.29 is 4.74 Å². The summed E-state index contributed by atoms with van der Waals surface area (Å²) in [6.07, 6.45) is 6.58. The van der Waals surface area contributed by atoms with Gasteiger partial charge in [0.05, 0.1) is 29.9 Å². The van der Waals surface area contributed by atoms with Gasteiger partial charge in [0, 0.05) is 35.1 Å². The molecule has 3 aromatic heterocycles. The predicted molar refractivity (Wildman–Crippen MR) is 123 cm³/mol. The minimum Gasteiger partial charge on any atom is -0.491 e. The molecular formula is C22H23ClN8O. The van der Waals surface area contributed by atoms with Crippen molar-refractivity contribution in [1.82, 2.24) is 29.7 Å². The molecule has 1 aliphatic rings. The van der Waals surface area contributed by atoms with E-state index in [1.807, 2.05) is 24.6 Å². The van der Waals surface area contributed by atoms with E-state index in [0.717, 1.165) is 39.3 Å². The second kappa shape index (κ2) is 7.90. The zero-order chi connectivity index (χ0) is 22.4. The third kappa shape index (κ3) is 3.29. The molecule has 0 bridgehead atoms. The number of benzene rings is 1. The highest BCUT2D eigenvalue weighted by Gasteiger charge is 2.27. The average molecular weight is 451 g/mol. The smallest absolute Gasteiger partial charge is 0.164 e. The molecule has 0 fully saturated rings. The van der Waals surface area contributed by atoms with Crippen molar-refractivity contribution in [2.75, 3.05) is 23.8 Å². The van der Waals surface area contributed by atoms with E-state index in [2.05, 4.69) is 31.8 Å². The Morgan fingerprint density at radius 3 is 2.81 bits per heavy atom. The van der Waals surface area contributed by atoms with Crippen LogP contribution in [0.3, 0.4) is 0 Å². The lowest BCUT2D eigenvalue weighted by molar-refractivity contribution is 0.324. The molecule has 1 atom stereocenters. The maximum absolute atomic E-state index is 6.70. The van der Waals surface area contributed by atoms with Crippen LogP contribution in [0, 0.1) is 13.8 Å². The zero-order valence-electron chi connectivity index (χ0n) is 18.1. The lowest BCUT2D eigenvalue weighted by Gasteiger charge is -2.23. The normalized spacial score (nSPS) is 14.7. The van der Waals surface area contributed by atoms with Crippen molar-refractivity contribution in [1.29, 1.82) is 0 Å². The first-order chi connectivity index (χ1) is 15.5. The Bertz CT molecular complexity index is 1310. The monoisotopic (exact) mass is 450 g/mol. The largest absolute Gasteiger partial charge is 0.491 e. The van der Waals surface area contributed by atoms with Crippen molar-refractivity contribution in [3.63, 3.8) is 0 Å². The Labute approximate surface area is 190 Å². The number of ether oxygens (including phenoxy) is 1. The molecule has 1 unspecified atom stereocenters. The number of aryl methyl sites for hydroxylation is 1. The molecule has 4 aromatic rings. The fraction of sp³-hybridized carbons (Fsp3) is 0.318. The molecule has 0 aliphatic carbocycles. The van der Waals surface area contributed by atoms with Crippen molar-refractivity contribution in [2.45, 2.75) is 33.4 Å². The van der Waals surface area contributed by atoms with Gasteiger partial charge in [-0.05, 0) is 32.4 Å². The van der Waals surface area contributed by atoms with Crippen LogP contribution in [-0.2, 0) is 6.54 Å². The Morgan fingerprint density at radius 1 is 1.19 bits per heavy atom. The van der Waals surface area contributed by atoms with Crippen LogP contribution in [0.1, 0.15) is 35.3 Å². The number of hydrogen-bond donors (Lipinski definition) is 1. The van der Waals surface area contributed by atoms with Crippen LogP contribution < -0.4 is 15.4 Å². The summed E-state index contributed by atoms with van der Waals surface area (Å²) in [5.41, 5.74) is 10.5. The number of halogens is 1. The third-order valence-corrected chi connectivity index (χ3v) is 6.36. The molecule has 1 aromatic carbocycles. The predicted octanol–water partition coefficient (Wildman–Crippen LogP) is 3.48. The van der Waals surface area contributed by atoms with Crippen LogP contribution in [0.2, 0.25) is 5.02 Å². The number of nitrogens with two attached hydrogens (primary N) is 1. The van der Waals surface area contributed by atoms with Crippen molar-refractivity contribution >= 4 is 34.3 Å². The Morgan fingerprint density at radius 2 is 2.03 bits per heavy atom. The Balaban J connectivity index is 1.63. The number of rotatable bonds is 3. The molecule has 1 aliphatic heterocycles. The van der Waals surface area contributed by atoms with Crippen LogP contribution in [0.15, 0.2) is 31.0 Å². The summed E-state index contributed by atoms with van der Waals surface area (Å²) in [4.78, 5) is 19.4. The standard InChI is InChI=1S/C22H23ClN8O/c1-12-16-10-30(18-9-25-4-5-26-18)6-7-32-20(16)15(8-17(12)23)14(3)31-22-19(13(2)29-31)21(24)27-11-28-22/h4-5,8-9,11,14H,6-7,10H2,1-3H3,(H2,24,27,28). The van der Waals surface area contributed by atoms with E-state index >= 15 is 0 Å². The fourth-order valence-electron chi connectivity index (χ4n) is 4.22. The SMILES string of the molecule is Cc1c(Cl)cc(C(C)n2nc(C)c3c(N)ncnc32)c2c1CN(c1cnccn1)CCO2. The summed E-state index contributed by atoms with van der Waals surface area (Å²) in [5.74, 6) is 2.05. The number of fused-ring (bicyclic) bond motifs is 2. The Kier molecular flexibility index (Phi) is 5.05. The molecular weight excluding hydrogens is 428 g/mol. The van der Waals surface area contributed by atoms with E-state index < -0.39 is 0 Å². The average Bonchev–Trinajstić information content (AvgIpc) is 2.99. The van der Waals surface area contributed by atoms with E-state index in [1.165, 1.54) is 6.33 Å². The highest BCUT2D eigenvalue weighted by Crippen LogP contribution is 2.40. The van der Waals surface area contributed by atoms with Gasteiger partial charge in [-0.15, -0.1) is 0 Å². The molecule has 0 amide bonds. The van der Waals surface area contributed by atoms with E-state index in [9.17, 15) is 0 Å². The van der Waals surface area contributed by atoms with Crippen molar-refractivity contribution in [2.24, 2.45) is 0 Å². The van der Waals surface area contributed by atoms with E-state index in [4.69, 9.17) is 27.2 Å². The molecule has 5 rings (SSSR count). The fourth-order valence-corrected chi connectivity index (χ4v) is 4.45. The van der Waals surface area contributed by atoms with Crippen LogP contribution in [0.25, 0.3) is 11.0 Å². The first-order valence-corrected chi connectivity index (χ1v) is 10.7. The quantitative estimate of drug-likeness (QED) is 0.505. The van der Waals surface area contributed by atoms with Gasteiger partial charge in [0.25, 0.3) is 0 Å². The number of anilines is 2. The van der Waals surface area contributed by atoms with Gasteiger partial charge in [0.15, 0.2) is 5.65 Å². The topological polar surface area (TPSA) is 108 Å². The van der Waals surface area contributed by atoms with Gasteiger partial charge in [-0.3, -0.25) is 4.98 Å². The van der Waals surface area contributed by atoms with Gasteiger partial charge in [0.1, 0.15) is 30.3 Å². The van der Waals surface area contributed by atoms with E-state index in [1.54, 1.807) is 18.6 Å². The lowest BCUT2D eigenvalue weighted by Crippen LogP contribution is -2.26. The van der Waals surface area contributed by atoms with Crippen molar-refractivity contribution in [3.05, 3.63) is 58.4 Å². The van der Waals surface area contributed by atoms with Gasteiger partial charge in [-0.1, -0.05) is 11.6 Å². The second-order valence-corrected chi connectivity index (χ2v) is 8.28. The molecule has 0 radical (unpaired) electrons. The van der Waals surface area contributed by atoms with Gasteiger partial charge in [-0.2, -0.15) is 5.10 Å². The number of nitrogen functional groups attached to an aromatic ring is 1. The first kappa shape index (κ1) is 20.4. The van der Waals surface area contributed by atoms with Crippen LogP contribution in [0.4, 0.5) is 11.6 Å². The molecule has 2 N–H and O–H groups in total. The summed E-state index contributed by atoms with van der Waals surface area (Å²) in [7, 11) is 0. The minimum atomic E-state index is -0.185. The maximum Gasteiger partial charge on any atom is 0.164 e.